The Morgan fingerprint density at radius 2 is 1.55 bits per heavy atom. The normalized spacial score (nSPS) is 11.8. The number of rotatable bonds is 11. The first-order chi connectivity index (χ1) is 23.4. The van der Waals surface area contributed by atoms with E-state index in [2.05, 4.69) is 25.9 Å². The summed E-state index contributed by atoms with van der Waals surface area (Å²) in [5, 5.41) is 16.9. The highest BCUT2D eigenvalue weighted by molar-refractivity contribution is 7.14. The molecule has 2 heterocycles. The second-order valence-electron chi connectivity index (χ2n) is 12.3. The summed E-state index contributed by atoms with van der Waals surface area (Å²) in [7, 11) is 0. The molecule has 5 rings (SSSR count). The van der Waals surface area contributed by atoms with Gasteiger partial charge in [-0.05, 0) is 59.0 Å². The predicted molar refractivity (Wildman–Crippen MR) is 186 cm³/mol. The van der Waals surface area contributed by atoms with E-state index >= 15 is 0 Å². The lowest BCUT2D eigenvalue weighted by Crippen LogP contribution is -2.49. The van der Waals surface area contributed by atoms with E-state index in [-0.39, 0.29) is 17.7 Å². The van der Waals surface area contributed by atoms with Crippen LogP contribution in [-0.4, -0.2) is 51.4 Å². The van der Waals surface area contributed by atoms with Crippen molar-refractivity contribution in [3.05, 3.63) is 124 Å². The van der Waals surface area contributed by atoms with Gasteiger partial charge in [-0.2, -0.15) is 0 Å². The predicted octanol–water partition coefficient (Wildman–Crippen LogP) is 6.10. The smallest absolute Gasteiger partial charge is 0.322 e. The maximum atomic E-state index is 13.5. The van der Waals surface area contributed by atoms with Crippen LogP contribution in [0, 0.1) is 5.82 Å². The molecule has 4 N–H and O–H groups in total. The number of hydrogen-bond donors (Lipinski definition) is 4. The molecule has 0 saturated heterocycles. The van der Waals surface area contributed by atoms with Crippen molar-refractivity contribution in [2.24, 2.45) is 0 Å². The number of thiophene rings is 1. The Morgan fingerprint density at radius 3 is 2.20 bits per heavy atom. The number of carbonyl (C=O) groups excluding carboxylic acids is 3. The van der Waals surface area contributed by atoms with Gasteiger partial charge < -0.3 is 21.1 Å². The minimum Gasteiger partial charge on any atom is -0.480 e. The minimum atomic E-state index is -1.19. The fraction of sp³-hybridized carbons (Fsp3) is 0.189. The van der Waals surface area contributed by atoms with Crippen LogP contribution in [0.3, 0.4) is 0 Å². The third-order valence-corrected chi connectivity index (χ3v) is 8.96. The molecule has 5 aromatic rings. The fourth-order valence-corrected chi connectivity index (χ4v) is 5.82. The van der Waals surface area contributed by atoms with E-state index < -0.39 is 36.2 Å². The number of carboxylic acid groups (broad SMARTS) is 1. The number of carbonyl (C=O) groups is 4. The van der Waals surface area contributed by atoms with Crippen molar-refractivity contribution in [3.63, 3.8) is 0 Å². The van der Waals surface area contributed by atoms with E-state index in [4.69, 9.17) is 5.11 Å². The second-order valence-corrected chi connectivity index (χ2v) is 13.4. The van der Waals surface area contributed by atoms with Crippen LogP contribution in [0.25, 0.3) is 22.5 Å². The molecule has 0 aliphatic carbocycles. The van der Waals surface area contributed by atoms with Crippen molar-refractivity contribution in [2.75, 3.05) is 11.9 Å². The summed E-state index contributed by atoms with van der Waals surface area (Å²) in [4.78, 5) is 60.3. The van der Waals surface area contributed by atoms with Gasteiger partial charge in [0, 0.05) is 46.1 Å². The monoisotopic (exact) mass is 679 g/mol. The van der Waals surface area contributed by atoms with Crippen LogP contribution in [0.1, 0.15) is 51.2 Å². The van der Waals surface area contributed by atoms with Crippen LogP contribution < -0.4 is 16.0 Å². The lowest BCUT2D eigenvalue weighted by Gasteiger charge is -2.18. The summed E-state index contributed by atoms with van der Waals surface area (Å²) < 4.78 is 13.5. The average molecular weight is 680 g/mol. The molecule has 10 nitrogen and oxygen atoms in total. The molecule has 250 valence electrons. The van der Waals surface area contributed by atoms with Crippen LogP contribution >= 0.6 is 11.3 Å². The number of nitrogens with zero attached hydrogens (tertiary/aromatic N) is 2. The Bertz CT molecular complexity index is 1990. The van der Waals surface area contributed by atoms with Crippen LogP contribution in [0.2, 0.25) is 0 Å². The van der Waals surface area contributed by atoms with Gasteiger partial charge in [0.05, 0.1) is 4.88 Å². The highest BCUT2D eigenvalue weighted by atomic mass is 32.1. The summed E-state index contributed by atoms with van der Waals surface area (Å²) in [6.07, 6.45) is 3.42. The zero-order valence-electron chi connectivity index (χ0n) is 27.0. The van der Waals surface area contributed by atoms with Crippen LogP contribution in [0.5, 0.6) is 0 Å². The Labute approximate surface area is 286 Å². The topological polar surface area (TPSA) is 150 Å². The molecular weight excluding hydrogens is 646 g/mol. The van der Waals surface area contributed by atoms with Crippen LogP contribution in [0.15, 0.2) is 97.3 Å². The molecule has 0 bridgehead atoms. The van der Waals surface area contributed by atoms with Gasteiger partial charge in [-0.15, -0.1) is 11.3 Å². The number of aromatic nitrogens is 2. The zero-order chi connectivity index (χ0) is 35.1. The molecule has 12 heteroatoms. The van der Waals surface area contributed by atoms with Gasteiger partial charge in [-0.1, -0.05) is 63.2 Å². The number of nitrogens with one attached hydrogen (secondary N) is 3. The lowest BCUT2D eigenvalue weighted by atomic mass is 9.95. The molecule has 2 aromatic heterocycles. The van der Waals surface area contributed by atoms with Gasteiger partial charge >= 0.3 is 5.97 Å². The van der Waals surface area contributed by atoms with E-state index in [0.29, 0.717) is 33.1 Å². The maximum absolute atomic E-state index is 13.5. The van der Waals surface area contributed by atoms with Crippen molar-refractivity contribution in [2.45, 2.75) is 38.6 Å². The second kappa shape index (κ2) is 15.0. The molecule has 1 atom stereocenters. The number of halogens is 1. The summed E-state index contributed by atoms with van der Waals surface area (Å²) in [5.74, 6) is -2.60. The highest BCUT2D eigenvalue weighted by Gasteiger charge is 2.25. The van der Waals surface area contributed by atoms with Crippen molar-refractivity contribution >= 4 is 40.7 Å². The number of anilines is 1. The molecule has 3 aromatic carbocycles. The number of benzene rings is 3. The summed E-state index contributed by atoms with van der Waals surface area (Å²) in [6.45, 7) is 5.57. The number of carboxylic acids is 1. The number of hydrogen-bond acceptors (Lipinski definition) is 7. The van der Waals surface area contributed by atoms with Gasteiger partial charge in [-0.3, -0.25) is 19.2 Å². The average Bonchev–Trinajstić information content (AvgIpc) is 3.59. The molecule has 0 saturated carbocycles. The van der Waals surface area contributed by atoms with E-state index in [1.54, 1.807) is 67.0 Å². The van der Waals surface area contributed by atoms with E-state index in [1.807, 2.05) is 32.9 Å². The Morgan fingerprint density at radius 1 is 0.837 bits per heavy atom. The van der Waals surface area contributed by atoms with Gasteiger partial charge in [0.25, 0.3) is 11.8 Å². The SMILES string of the molecule is CC(C)(C)c1ccc(C(=O)NC(Cc2ccc(-c3ncc(-c4cccc(C(=O)Nc5cccc(F)c5)c4)cn3)cc2)C(=O)NCC(=O)O)s1. The molecule has 0 aliphatic heterocycles. The van der Waals surface area contributed by atoms with Gasteiger partial charge in [0.15, 0.2) is 5.82 Å². The lowest BCUT2D eigenvalue weighted by molar-refractivity contribution is -0.138. The first-order valence-electron chi connectivity index (χ1n) is 15.3. The van der Waals surface area contributed by atoms with E-state index in [0.717, 1.165) is 16.0 Å². The van der Waals surface area contributed by atoms with E-state index in [1.165, 1.54) is 29.5 Å². The first-order valence-corrected chi connectivity index (χ1v) is 16.2. The molecule has 0 aliphatic rings. The van der Waals surface area contributed by atoms with Gasteiger partial charge in [-0.25, -0.2) is 14.4 Å². The number of aliphatic carboxylic acids is 1. The summed E-state index contributed by atoms with van der Waals surface area (Å²) in [5.41, 5.74) is 3.45. The highest BCUT2D eigenvalue weighted by Crippen LogP contribution is 2.29. The standard InChI is InChI=1S/C37H34FN5O5S/c1-37(2,3)31-15-14-30(49-31)36(48)43-29(35(47)41-21-32(44)45)16-22-10-12-23(13-11-22)33-39-19-26(20-40-33)24-6-4-7-25(17-24)34(46)42-28-9-5-8-27(38)18-28/h4-15,17-20,29H,16,21H2,1-3H3,(H,41,47)(H,42,46)(H,43,48)(H,44,45). The van der Waals surface area contributed by atoms with Gasteiger partial charge in [0.2, 0.25) is 5.91 Å². The van der Waals surface area contributed by atoms with Crippen molar-refractivity contribution < 1.29 is 28.7 Å². The van der Waals surface area contributed by atoms with Gasteiger partial charge in [0.1, 0.15) is 18.4 Å². The molecule has 1 unspecified atom stereocenters. The molecule has 0 fully saturated rings. The third-order valence-electron chi connectivity index (χ3n) is 7.45. The van der Waals surface area contributed by atoms with Crippen molar-refractivity contribution in [1.29, 1.82) is 0 Å². The Hall–Kier alpha value is -5.75. The first kappa shape index (κ1) is 34.6. The van der Waals surface area contributed by atoms with Crippen molar-refractivity contribution in [1.82, 2.24) is 20.6 Å². The molecule has 49 heavy (non-hydrogen) atoms. The largest absolute Gasteiger partial charge is 0.480 e. The number of amides is 3. The zero-order valence-corrected chi connectivity index (χ0v) is 27.8. The van der Waals surface area contributed by atoms with Crippen molar-refractivity contribution in [3.8, 4) is 22.5 Å². The summed E-state index contributed by atoms with van der Waals surface area (Å²) >= 11 is 1.35. The molecule has 0 radical (unpaired) electrons. The Balaban J connectivity index is 1.27. The Kier molecular flexibility index (Phi) is 10.6. The molecule has 3 amide bonds. The fourth-order valence-electron chi connectivity index (χ4n) is 4.85. The minimum absolute atomic E-state index is 0.123. The summed E-state index contributed by atoms with van der Waals surface area (Å²) in [6, 6.07) is 22.4. The molecule has 0 spiro atoms. The van der Waals surface area contributed by atoms with Crippen LogP contribution in [0.4, 0.5) is 10.1 Å². The third kappa shape index (κ3) is 9.20. The quantitative estimate of drug-likeness (QED) is 0.132. The van der Waals surface area contributed by atoms with Crippen LogP contribution in [-0.2, 0) is 21.4 Å². The van der Waals surface area contributed by atoms with E-state index in [9.17, 15) is 23.6 Å². The maximum Gasteiger partial charge on any atom is 0.322 e. The molecular formula is C37H34FN5O5S.